The van der Waals surface area contributed by atoms with Gasteiger partial charge in [-0.05, 0) is 30.2 Å². The van der Waals surface area contributed by atoms with Crippen LogP contribution >= 0.6 is 12.6 Å². The monoisotopic (exact) mass is 243 g/mol. The van der Waals surface area contributed by atoms with Crippen molar-refractivity contribution in [1.82, 2.24) is 0 Å². The number of nitro benzene ring substituents is 1. The van der Waals surface area contributed by atoms with Crippen molar-refractivity contribution in [3.63, 3.8) is 0 Å². The van der Waals surface area contributed by atoms with Gasteiger partial charge in [0.25, 0.3) is 0 Å². The van der Waals surface area contributed by atoms with E-state index in [0.717, 1.165) is 12.0 Å². The molecule has 0 spiro atoms. The van der Waals surface area contributed by atoms with E-state index in [-0.39, 0.29) is 11.4 Å². The van der Waals surface area contributed by atoms with Gasteiger partial charge in [-0.3, -0.25) is 10.1 Å². The van der Waals surface area contributed by atoms with Gasteiger partial charge in [0.15, 0.2) is 5.75 Å². The van der Waals surface area contributed by atoms with Crippen LogP contribution < -0.4 is 4.74 Å². The number of thiol groups is 1. The Labute approximate surface area is 98.6 Å². The molecule has 0 aliphatic heterocycles. The van der Waals surface area contributed by atoms with E-state index in [2.05, 4.69) is 12.6 Å². The summed E-state index contributed by atoms with van der Waals surface area (Å²) in [6.45, 7) is 0. The number of nitro groups is 1. The summed E-state index contributed by atoms with van der Waals surface area (Å²) in [7, 11) is 1.36. The predicted molar refractivity (Wildman–Crippen MR) is 63.5 cm³/mol. The van der Waals surface area contributed by atoms with E-state index in [9.17, 15) is 15.2 Å². The Balaban J connectivity index is 3.12. The summed E-state index contributed by atoms with van der Waals surface area (Å²) in [6, 6.07) is 2.97. The van der Waals surface area contributed by atoms with Gasteiger partial charge in [0.1, 0.15) is 0 Å². The maximum atomic E-state index is 10.7. The minimum absolute atomic E-state index is 0.128. The van der Waals surface area contributed by atoms with Gasteiger partial charge in [0.05, 0.1) is 12.0 Å². The zero-order valence-corrected chi connectivity index (χ0v) is 9.74. The quantitative estimate of drug-likeness (QED) is 0.472. The minimum atomic E-state index is -0.623. The van der Waals surface area contributed by atoms with Crippen LogP contribution in [0.2, 0.25) is 0 Å². The smallest absolute Gasteiger partial charge is 0.314 e. The highest BCUT2D eigenvalue weighted by Crippen LogP contribution is 2.37. The van der Waals surface area contributed by atoms with E-state index in [4.69, 9.17) is 4.74 Å². The lowest BCUT2D eigenvalue weighted by atomic mass is 10.1. The summed E-state index contributed by atoms with van der Waals surface area (Å²) >= 11 is 4.07. The Bertz CT molecular complexity index is 395. The number of aromatic hydroxyl groups is 1. The minimum Gasteiger partial charge on any atom is -0.500 e. The van der Waals surface area contributed by atoms with Gasteiger partial charge in [0.2, 0.25) is 5.75 Å². The normalized spacial score (nSPS) is 10.1. The number of hydrogen-bond donors (Lipinski definition) is 2. The van der Waals surface area contributed by atoms with E-state index in [1.807, 2.05) is 0 Å². The number of hydrogen-bond acceptors (Lipinski definition) is 5. The van der Waals surface area contributed by atoms with Crippen LogP contribution in [-0.4, -0.2) is 22.9 Å². The van der Waals surface area contributed by atoms with E-state index in [1.54, 1.807) is 6.07 Å². The van der Waals surface area contributed by atoms with Gasteiger partial charge < -0.3 is 9.84 Å². The van der Waals surface area contributed by atoms with Crippen molar-refractivity contribution >= 4 is 18.3 Å². The molecule has 0 aliphatic rings. The van der Waals surface area contributed by atoms with Gasteiger partial charge in [-0.25, -0.2) is 0 Å². The van der Waals surface area contributed by atoms with Crippen LogP contribution in [0.1, 0.15) is 12.0 Å². The van der Waals surface area contributed by atoms with Crippen molar-refractivity contribution < 1.29 is 14.8 Å². The van der Waals surface area contributed by atoms with Crippen molar-refractivity contribution in [3.05, 3.63) is 27.8 Å². The molecule has 0 saturated heterocycles. The summed E-state index contributed by atoms with van der Waals surface area (Å²) < 4.78 is 4.88. The third kappa shape index (κ3) is 2.79. The lowest BCUT2D eigenvalue weighted by Gasteiger charge is -2.07. The Hall–Kier alpha value is -1.43. The maximum Gasteiger partial charge on any atom is 0.314 e. The molecular formula is C10H13NO4S. The molecule has 1 aromatic carbocycles. The second kappa shape index (κ2) is 5.60. The van der Waals surface area contributed by atoms with E-state index < -0.39 is 10.7 Å². The number of ether oxygens (including phenoxy) is 1. The Kier molecular flexibility index (Phi) is 4.42. The highest BCUT2D eigenvalue weighted by molar-refractivity contribution is 7.80. The SMILES string of the molecule is COc1cc(CCCS)cc([N+](=O)[O-])c1O. The van der Waals surface area contributed by atoms with Crippen LogP contribution in [0.3, 0.4) is 0 Å². The van der Waals surface area contributed by atoms with E-state index >= 15 is 0 Å². The maximum absolute atomic E-state index is 10.7. The highest BCUT2D eigenvalue weighted by atomic mass is 32.1. The van der Waals surface area contributed by atoms with E-state index in [0.29, 0.717) is 12.2 Å². The Morgan fingerprint density at radius 3 is 2.75 bits per heavy atom. The summed E-state index contributed by atoms with van der Waals surface area (Å²) in [4.78, 5) is 10.1. The van der Waals surface area contributed by atoms with Crippen molar-refractivity contribution in [3.8, 4) is 11.5 Å². The first-order valence-corrected chi connectivity index (χ1v) is 5.38. The summed E-state index contributed by atoms with van der Waals surface area (Å²) in [5.74, 6) is 0.405. The first-order valence-electron chi connectivity index (χ1n) is 4.75. The number of aryl methyl sites for hydroxylation is 1. The topological polar surface area (TPSA) is 72.6 Å². The molecule has 1 rings (SSSR count). The third-order valence-corrected chi connectivity index (χ3v) is 2.47. The zero-order chi connectivity index (χ0) is 12.1. The molecule has 16 heavy (non-hydrogen) atoms. The number of methoxy groups -OCH3 is 1. The van der Waals surface area contributed by atoms with Crippen molar-refractivity contribution in [2.24, 2.45) is 0 Å². The lowest BCUT2D eigenvalue weighted by molar-refractivity contribution is -0.386. The van der Waals surface area contributed by atoms with E-state index in [1.165, 1.54) is 13.2 Å². The van der Waals surface area contributed by atoms with Crippen molar-refractivity contribution in [1.29, 1.82) is 0 Å². The summed E-state index contributed by atoms with van der Waals surface area (Å²) in [5.41, 5.74) is 0.434. The average Bonchev–Trinajstić information content (AvgIpc) is 2.27. The number of nitrogens with zero attached hydrogens (tertiary/aromatic N) is 1. The standard InChI is InChI=1S/C10H13NO4S/c1-15-9-6-7(3-2-4-16)5-8(10(9)12)11(13)14/h5-6,12,16H,2-4H2,1H3. The molecule has 0 atom stereocenters. The molecule has 1 aromatic rings. The largest absolute Gasteiger partial charge is 0.500 e. The van der Waals surface area contributed by atoms with Crippen LogP contribution in [-0.2, 0) is 6.42 Å². The third-order valence-electron chi connectivity index (χ3n) is 2.15. The van der Waals surface area contributed by atoms with Crippen LogP contribution in [0, 0.1) is 10.1 Å². The molecule has 0 aromatic heterocycles. The molecule has 0 fully saturated rings. The number of rotatable bonds is 5. The fourth-order valence-electron chi connectivity index (χ4n) is 1.37. The van der Waals surface area contributed by atoms with Gasteiger partial charge in [0, 0.05) is 6.07 Å². The van der Waals surface area contributed by atoms with Gasteiger partial charge in [-0.1, -0.05) is 0 Å². The molecule has 1 N–H and O–H groups in total. The average molecular weight is 243 g/mol. The molecule has 0 radical (unpaired) electrons. The summed E-state index contributed by atoms with van der Waals surface area (Å²) in [6.07, 6.45) is 1.48. The second-order valence-electron chi connectivity index (χ2n) is 3.25. The number of phenolic OH excluding ortho intramolecular Hbond substituents is 1. The fraction of sp³-hybridized carbons (Fsp3) is 0.400. The molecule has 0 unspecified atom stereocenters. The molecule has 0 heterocycles. The fourth-order valence-corrected chi connectivity index (χ4v) is 1.53. The number of phenols is 1. The van der Waals surface area contributed by atoms with Gasteiger partial charge >= 0.3 is 5.69 Å². The molecular weight excluding hydrogens is 230 g/mol. The van der Waals surface area contributed by atoms with Crippen LogP contribution in [0.15, 0.2) is 12.1 Å². The second-order valence-corrected chi connectivity index (χ2v) is 3.70. The Morgan fingerprint density at radius 2 is 2.25 bits per heavy atom. The van der Waals surface area contributed by atoms with Crippen LogP contribution in [0.5, 0.6) is 11.5 Å². The number of benzene rings is 1. The van der Waals surface area contributed by atoms with Crippen molar-refractivity contribution in [2.75, 3.05) is 12.9 Å². The molecule has 0 amide bonds. The predicted octanol–water partition coefficient (Wildman–Crippen LogP) is 2.17. The van der Waals surface area contributed by atoms with Gasteiger partial charge in [-0.2, -0.15) is 12.6 Å². The first kappa shape index (κ1) is 12.6. The first-order chi connectivity index (χ1) is 7.60. The summed E-state index contributed by atoms with van der Waals surface area (Å²) in [5, 5.41) is 20.2. The van der Waals surface area contributed by atoms with Crippen LogP contribution in [0.25, 0.3) is 0 Å². The van der Waals surface area contributed by atoms with Gasteiger partial charge in [-0.15, -0.1) is 0 Å². The zero-order valence-electron chi connectivity index (χ0n) is 8.84. The molecule has 6 heteroatoms. The Morgan fingerprint density at radius 1 is 1.56 bits per heavy atom. The molecule has 0 saturated carbocycles. The van der Waals surface area contributed by atoms with Crippen LogP contribution in [0.4, 0.5) is 5.69 Å². The molecule has 0 aliphatic carbocycles. The highest BCUT2D eigenvalue weighted by Gasteiger charge is 2.19. The lowest BCUT2D eigenvalue weighted by Crippen LogP contribution is -1.95. The molecule has 5 nitrogen and oxygen atoms in total. The molecule has 0 bridgehead atoms. The molecule has 88 valence electrons. The van der Waals surface area contributed by atoms with Crippen molar-refractivity contribution in [2.45, 2.75) is 12.8 Å².